The Hall–Kier alpha value is -1.37. The fourth-order valence-electron chi connectivity index (χ4n) is 2.39. The first-order valence-corrected chi connectivity index (χ1v) is 6.26. The molecule has 1 heteroatoms. The monoisotopic (exact) mass is 230 g/mol. The minimum absolute atomic E-state index is 0.000509. The fraction of sp³-hybridized carbons (Fsp3) is 0.375. The lowest BCUT2D eigenvalue weighted by Gasteiger charge is -2.20. The van der Waals surface area contributed by atoms with Crippen molar-refractivity contribution >= 4 is 5.57 Å². The summed E-state index contributed by atoms with van der Waals surface area (Å²) in [7, 11) is 0. The zero-order valence-electron chi connectivity index (χ0n) is 10.8. The molecule has 1 aromatic rings. The van der Waals surface area contributed by atoms with E-state index in [2.05, 4.69) is 13.8 Å². The van der Waals surface area contributed by atoms with Gasteiger partial charge in [-0.25, -0.2) is 4.39 Å². The molecule has 1 aliphatic rings. The van der Waals surface area contributed by atoms with Crippen LogP contribution in [0.5, 0.6) is 0 Å². The van der Waals surface area contributed by atoms with Gasteiger partial charge >= 0.3 is 0 Å². The average Bonchev–Trinajstić information content (AvgIpc) is 2.30. The van der Waals surface area contributed by atoms with Gasteiger partial charge in [0.25, 0.3) is 0 Å². The molecule has 0 amide bonds. The van der Waals surface area contributed by atoms with Gasteiger partial charge in [-0.2, -0.15) is 0 Å². The van der Waals surface area contributed by atoms with Crippen molar-refractivity contribution in [2.24, 2.45) is 5.92 Å². The summed E-state index contributed by atoms with van der Waals surface area (Å²) in [5, 5.41) is 0. The third-order valence-electron chi connectivity index (χ3n) is 3.41. The largest absolute Gasteiger partial charge is 0.206 e. The zero-order valence-corrected chi connectivity index (χ0v) is 10.8. The van der Waals surface area contributed by atoms with Crippen molar-refractivity contribution in [3.05, 3.63) is 52.9 Å². The van der Waals surface area contributed by atoms with Crippen LogP contribution >= 0.6 is 0 Å². The van der Waals surface area contributed by atoms with Gasteiger partial charge in [-0.15, -0.1) is 0 Å². The van der Waals surface area contributed by atoms with Crippen LogP contribution in [0.4, 0.5) is 4.39 Å². The summed E-state index contributed by atoms with van der Waals surface area (Å²) in [6.07, 6.45) is 3.84. The first-order chi connectivity index (χ1) is 8.11. The third-order valence-corrected chi connectivity index (χ3v) is 3.41. The number of rotatable bonds is 2. The molecule has 0 bridgehead atoms. The second-order valence-electron chi connectivity index (χ2n) is 4.97. The molecule has 0 unspecified atom stereocenters. The van der Waals surface area contributed by atoms with E-state index in [4.69, 9.17) is 0 Å². The Kier molecular flexibility index (Phi) is 3.46. The number of aryl methyl sites for hydroxylation is 1. The minimum Gasteiger partial charge on any atom is -0.206 e. The van der Waals surface area contributed by atoms with Crippen molar-refractivity contribution in [2.45, 2.75) is 33.6 Å². The van der Waals surface area contributed by atoms with Crippen LogP contribution < -0.4 is 0 Å². The Bertz CT molecular complexity index is 478. The summed E-state index contributed by atoms with van der Waals surface area (Å²) < 4.78 is 14.4. The molecule has 0 fully saturated rings. The van der Waals surface area contributed by atoms with Crippen molar-refractivity contribution in [3.63, 3.8) is 0 Å². The maximum atomic E-state index is 14.4. The molecular formula is C16H19F. The van der Waals surface area contributed by atoms with E-state index in [1.165, 1.54) is 0 Å². The molecule has 0 N–H and O–H groups in total. The molecule has 2 rings (SSSR count). The lowest BCUT2D eigenvalue weighted by Crippen LogP contribution is -2.04. The van der Waals surface area contributed by atoms with Crippen LogP contribution in [0.1, 0.15) is 37.8 Å². The second-order valence-corrected chi connectivity index (χ2v) is 4.97. The van der Waals surface area contributed by atoms with E-state index in [9.17, 15) is 4.39 Å². The molecule has 0 aliphatic heterocycles. The van der Waals surface area contributed by atoms with Gasteiger partial charge in [0.15, 0.2) is 0 Å². The van der Waals surface area contributed by atoms with Crippen molar-refractivity contribution in [1.82, 2.24) is 0 Å². The number of hydrogen-bond donors (Lipinski definition) is 0. The summed E-state index contributed by atoms with van der Waals surface area (Å²) in [5.74, 6) is 0.295. The molecule has 90 valence electrons. The summed E-state index contributed by atoms with van der Waals surface area (Å²) in [4.78, 5) is 0. The summed E-state index contributed by atoms with van der Waals surface area (Å²) in [5.41, 5.74) is 3.92. The Balaban J connectivity index is 2.47. The van der Waals surface area contributed by atoms with Crippen molar-refractivity contribution in [1.29, 1.82) is 0 Å². The van der Waals surface area contributed by atoms with Gasteiger partial charge in [0.2, 0.25) is 0 Å². The molecule has 0 radical (unpaired) electrons. The number of benzene rings is 1. The lowest BCUT2D eigenvalue weighted by molar-refractivity contribution is 0.595. The standard InChI is InChI=1S/C16H19F/c1-11(2)13-9-6-10-15(16(13)17)14-8-5-4-7-12(14)3/h4-5,7-8,10-11H,6,9H2,1-3H3. The van der Waals surface area contributed by atoms with E-state index in [1.807, 2.05) is 37.3 Å². The molecule has 0 saturated carbocycles. The highest BCUT2D eigenvalue weighted by Gasteiger charge is 2.20. The SMILES string of the molecule is Cc1ccccc1C1=CCCC(C(C)C)=C1F. The highest BCUT2D eigenvalue weighted by molar-refractivity contribution is 5.80. The van der Waals surface area contributed by atoms with Crippen LogP contribution in [0.2, 0.25) is 0 Å². The Morgan fingerprint density at radius 1 is 1.18 bits per heavy atom. The van der Waals surface area contributed by atoms with Gasteiger partial charge in [-0.1, -0.05) is 44.2 Å². The fourth-order valence-corrected chi connectivity index (χ4v) is 2.39. The normalized spacial score (nSPS) is 16.4. The maximum absolute atomic E-state index is 14.4. The van der Waals surface area contributed by atoms with E-state index < -0.39 is 0 Å². The van der Waals surface area contributed by atoms with Crippen LogP contribution in [0.15, 0.2) is 41.7 Å². The molecule has 17 heavy (non-hydrogen) atoms. The Labute approximate surface area is 103 Å². The van der Waals surface area contributed by atoms with Gasteiger partial charge < -0.3 is 0 Å². The van der Waals surface area contributed by atoms with E-state index in [0.29, 0.717) is 5.92 Å². The number of allylic oxidation sites excluding steroid dienone is 4. The lowest BCUT2D eigenvalue weighted by atomic mass is 9.87. The van der Waals surface area contributed by atoms with Crippen LogP contribution in [0.3, 0.4) is 0 Å². The van der Waals surface area contributed by atoms with Gasteiger partial charge in [-0.05, 0) is 42.4 Å². The third kappa shape index (κ3) is 2.33. The van der Waals surface area contributed by atoms with Gasteiger partial charge in [0.05, 0.1) is 0 Å². The molecule has 0 spiro atoms. The van der Waals surface area contributed by atoms with E-state index in [-0.39, 0.29) is 5.83 Å². The number of halogens is 1. The van der Waals surface area contributed by atoms with Gasteiger partial charge in [-0.3, -0.25) is 0 Å². The van der Waals surface area contributed by atoms with E-state index in [0.717, 1.165) is 35.1 Å². The summed E-state index contributed by atoms with van der Waals surface area (Å²) in [6.45, 7) is 6.17. The van der Waals surface area contributed by atoms with Gasteiger partial charge in [0, 0.05) is 5.57 Å². The molecule has 0 atom stereocenters. The highest BCUT2D eigenvalue weighted by Crippen LogP contribution is 2.37. The molecule has 0 heterocycles. The molecule has 1 aliphatic carbocycles. The Morgan fingerprint density at radius 2 is 1.88 bits per heavy atom. The smallest absolute Gasteiger partial charge is 0.130 e. The zero-order chi connectivity index (χ0) is 12.4. The van der Waals surface area contributed by atoms with Crippen LogP contribution in [0.25, 0.3) is 5.57 Å². The van der Waals surface area contributed by atoms with Crippen LogP contribution in [-0.4, -0.2) is 0 Å². The van der Waals surface area contributed by atoms with E-state index >= 15 is 0 Å². The van der Waals surface area contributed by atoms with Crippen LogP contribution in [-0.2, 0) is 0 Å². The summed E-state index contributed by atoms with van der Waals surface area (Å²) >= 11 is 0. The molecule has 0 aromatic heterocycles. The quantitative estimate of drug-likeness (QED) is 0.666. The predicted octanol–water partition coefficient (Wildman–Crippen LogP) is 5.05. The average molecular weight is 230 g/mol. The Morgan fingerprint density at radius 3 is 2.53 bits per heavy atom. The van der Waals surface area contributed by atoms with E-state index in [1.54, 1.807) is 0 Å². The molecule has 0 saturated heterocycles. The molecule has 1 aromatic carbocycles. The predicted molar refractivity (Wildman–Crippen MR) is 71.4 cm³/mol. The molecular weight excluding hydrogens is 211 g/mol. The first kappa shape index (κ1) is 12.1. The second kappa shape index (κ2) is 4.87. The van der Waals surface area contributed by atoms with Gasteiger partial charge in [0.1, 0.15) is 5.83 Å². The topological polar surface area (TPSA) is 0 Å². The van der Waals surface area contributed by atoms with Crippen molar-refractivity contribution < 1.29 is 4.39 Å². The molecule has 0 nitrogen and oxygen atoms in total. The van der Waals surface area contributed by atoms with Crippen molar-refractivity contribution in [2.75, 3.05) is 0 Å². The maximum Gasteiger partial charge on any atom is 0.130 e. The minimum atomic E-state index is 0.000509. The first-order valence-electron chi connectivity index (χ1n) is 6.26. The van der Waals surface area contributed by atoms with Crippen molar-refractivity contribution in [3.8, 4) is 0 Å². The summed E-state index contributed by atoms with van der Waals surface area (Å²) in [6, 6.07) is 8.00. The van der Waals surface area contributed by atoms with Crippen LogP contribution in [0, 0.1) is 12.8 Å². The highest BCUT2D eigenvalue weighted by atomic mass is 19.1. The number of hydrogen-bond acceptors (Lipinski definition) is 0.